The quantitative estimate of drug-likeness (QED) is 0.832. The molecule has 0 radical (unpaired) electrons. The largest absolute Gasteiger partial charge is 0.376 e. The molecule has 0 amide bonds. The second kappa shape index (κ2) is 5.46. The monoisotopic (exact) mass is 301 g/mol. The molecule has 1 aromatic rings. The molecule has 94 valence electrons. The van der Waals surface area contributed by atoms with Gasteiger partial charge in [0.1, 0.15) is 5.82 Å². The highest BCUT2D eigenvalue weighted by atomic mass is 79.9. The molecule has 2 unspecified atom stereocenters. The summed E-state index contributed by atoms with van der Waals surface area (Å²) in [5, 5.41) is 0. The molecule has 0 N–H and O–H groups in total. The number of rotatable bonds is 2. The van der Waals surface area contributed by atoms with Crippen molar-refractivity contribution >= 4 is 15.9 Å². The summed E-state index contributed by atoms with van der Waals surface area (Å²) >= 11 is 3.31. The smallest absolute Gasteiger partial charge is 0.137 e. The van der Waals surface area contributed by atoms with Crippen molar-refractivity contribution in [1.82, 2.24) is 4.90 Å². The van der Waals surface area contributed by atoms with Crippen LogP contribution in [-0.4, -0.2) is 30.2 Å². The molecule has 4 heteroatoms. The number of morpholine rings is 1. The highest BCUT2D eigenvalue weighted by Gasteiger charge is 2.24. The van der Waals surface area contributed by atoms with E-state index in [0.717, 1.165) is 25.3 Å². The predicted octanol–water partition coefficient (Wildman–Crippen LogP) is 3.20. The average molecular weight is 302 g/mol. The lowest BCUT2D eigenvalue weighted by Crippen LogP contribution is -2.46. The van der Waals surface area contributed by atoms with Crippen molar-refractivity contribution in [3.8, 4) is 0 Å². The first-order valence-corrected chi connectivity index (χ1v) is 6.65. The van der Waals surface area contributed by atoms with Gasteiger partial charge in [0, 0.05) is 19.1 Å². The Morgan fingerprint density at radius 3 is 3.00 bits per heavy atom. The van der Waals surface area contributed by atoms with E-state index in [2.05, 4.69) is 34.7 Å². The van der Waals surface area contributed by atoms with E-state index in [1.165, 1.54) is 6.07 Å². The number of ether oxygens (including phenoxy) is 1. The zero-order valence-corrected chi connectivity index (χ0v) is 11.7. The van der Waals surface area contributed by atoms with Gasteiger partial charge in [-0.1, -0.05) is 12.1 Å². The molecule has 2 atom stereocenters. The summed E-state index contributed by atoms with van der Waals surface area (Å²) in [5.41, 5.74) is 0.992. The fourth-order valence-corrected chi connectivity index (χ4v) is 2.47. The van der Waals surface area contributed by atoms with Crippen molar-refractivity contribution in [2.75, 3.05) is 13.2 Å². The summed E-state index contributed by atoms with van der Waals surface area (Å²) in [5.74, 6) is -0.198. The van der Waals surface area contributed by atoms with Crippen LogP contribution >= 0.6 is 15.9 Å². The molecule has 0 aliphatic carbocycles. The van der Waals surface area contributed by atoms with Crippen LogP contribution in [0.5, 0.6) is 0 Å². The van der Waals surface area contributed by atoms with Crippen LogP contribution in [0.25, 0.3) is 0 Å². The summed E-state index contributed by atoms with van der Waals surface area (Å²) in [4.78, 5) is 2.33. The molecule has 1 aromatic carbocycles. The Hall–Kier alpha value is -0.450. The van der Waals surface area contributed by atoms with Crippen LogP contribution in [0.1, 0.15) is 19.4 Å². The van der Waals surface area contributed by atoms with Gasteiger partial charge in [0.15, 0.2) is 0 Å². The summed E-state index contributed by atoms with van der Waals surface area (Å²) < 4.78 is 19.6. The van der Waals surface area contributed by atoms with Gasteiger partial charge in [0.25, 0.3) is 0 Å². The second-order valence-corrected chi connectivity index (χ2v) is 5.43. The first kappa shape index (κ1) is 13.0. The van der Waals surface area contributed by atoms with Gasteiger partial charge in [-0.15, -0.1) is 0 Å². The summed E-state index contributed by atoms with van der Waals surface area (Å²) in [6.07, 6.45) is 0.249. The molecule has 1 fully saturated rings. The fraction of sp³-hybridized carbons (Fsp3) is 0.538. The van der Waals surface area contributed by atoms with Gasteiger partial charge in [-0.25, -0.2) is 4.39 Å². The molecule has 0 aromatic heterocycles. The van der Waals surface area contributed by atoms with Gasteiger partial charge in [-0.2, -0.15) is 0 Å². The van der Waals surface area contributed by atoms with Crippen LogP contribution in [0.4, 0.5) is 4.39 Å². The molecule has 1 heterocycles. The molecule has 17 heavy (non-hydrogen) atoms. The number of hydrogen-bond donors (Lipinski definition) is 0. The number of hydrogen-bond acceptors (Lipinski definition) is 2. The Morgan fingerprint density at radius 1 is 1.47 bits per heavy atom. The number of nitrogens with zero attached hydrogens (tertiary/aromatic N) is 1. The molecular formula is C13H17BrFNO. The zero-order valence-electron chi connectivity index (χ0n) is 10.1. The molecule has 0 bridgehead atoms. The molecule has 1 aliphatic heterocycles. The Labute approximate surface area is 110 Å². The van der Waals surface area contributed by atoms with Crippen molar-refractivity contribution in [1.29, 1.82) is 0 Å². The highest BCUT2D eigenvalue weighted by molar-refractivity contribution is 9.10. The first-order valence-electron chi connectivity index (χ1n) is 5.86. The second-order valence-electron chi connectivity index (χ2n) is 4.64. The van der Waals surface area contributed by atoms with Gasteiger partial charge in [-0.05, 0) is 41.4 Å². The van der Waals surface area contributed by atoms with Crippen molar-refractivity contribution in [3.05, 3.63) is 34.1 Å². The van der Waals surface area contributed by atoms with Crippen LogP contribution in [-0.2, 0) is 11.3 Å². The van der Waals surface area contributed by atoms with E-state index in [4.69, 9.17) is 4.74 Å². The summed E-state index contributed by atoms with van der Waals surface area (Å²) in [7, 11) is 0. The molecular weight excluding hydrogens is 285 g/mol. The van der Waals surface area contributed by atoms with Crippen LogP contribution < -0.4 is 0 Å². The van der Waals surface area contributed by atoms with Gasteiger partial charge in [0.2, 0.25) is 0 Å². The number of halogens is 2. The Balaban J connectivity index is 2.11. The molecule has 0 spiro atoms. The third kappa shape index (κ3) is 3.06. The van der Waals surface area contributed by atoms with Crippen molar-refractivity contribution in [2.45, 2.75) is 32.5 Å². The first-order chi connectivity index (χ1) is 8.08. The number of benzene rings is 1. The lowest BCUT2D eigenvalue weighted by Gasteiger charge is -2.36. The third-order valence-electron chi connectivity index (χ3n) is 3.14. The fourth-order valence-electron chi connectivity index (χ4n) is 2.08. The van der Waals surface area contributed by atoms with Crippen LogP contribution in [0, 0.1) is 5.82 Å². The van der Waals surface area contributed by atoms with Crippen molar-refractivity contribution < 1.29 is 9.13 Å². The van der Waals surface area contributed by atoms with Gasteiger partial charge in [0.05, 0.1) is 17.2 Å². The minimum absolute atomic E-state index is 0.198. The van der Waals surface area contributed by atoms with E-state index in [1.807, 2.05) is 6.07 Å². The van der Waals surface area contributed by atoms with Crippen LogP contribution in [0.15, 0.2) is 22.7 Å². The van der Waals surface area contributed by atoms with E-state index >= 15 is 0 Å². The maximum atomic E-state index is 13.4. The Bertz CT molecular complexity index is 399. The SMILES string of the molecule is CC1CN(Cc2cccc(F)c2Br)C(C)CO1. The Morgan fingerprint density at radius 2 is 2.24 bits per heavy atom. The van der Waals surface area contributed by atoms with Gasteiger partial charge >= 0.3 is 0 Å². The van der Waals surface area contributed by atoms with E-state index < -0.39 is 0 Å². The van der Waals surface area contributed by atoms with E-state index in [-0.39, 0.29) is 11.9 Å². The van der Waals surface area contributed by atoms with E-state index in [9.17, 15) is 4.39 Å². The van der Waals surface area contributed by atoms with Gasteiger partial charge in [-0.3, -0.25) is 4.90 Å². The van der Waals surface area contributed by atoms with Crippen molar-refractivity contribution in [3.63, 3.8) is 0 Å². The minimum atomic E-state index is -0.198. The maximum Gasteiger partial charge on any atom is 0.137 e. The van der Waals surface area contributed by atoms with Crippen LogP contribution in [0.3, 0.4) is 0 Å². The normalized spacial score (nSPS) is 26.1. The topological polar surface area (TPSA) is 12.5 Å². The average Bonchev–Trinajstić information content (AvgIpc) is 2.30. The lowest BCUT2D eigenvalue weighted by atomic mass is 10.1. The maximum absolute atomic E-state index is 13.4. The lowest BCUT2D eigenvalue weighted by molar-refractivity contribution is -0.0527. The standard InChI is InChI=1S/C13H17BrFNO/c1-9-8-17-10(2)6-16(9)7-11-4-3-5-12(15)13(11)14/h3-5,9-10H,6-8H2,1-2H3. The molecule has 1 saturated heterocycles. The van der Waals surface area contributed by atoms with Crippen LogP contribution in [0.2, 0.25) is 0 Å². The zero-order chi connectivity index (χ0) is 12.4. The summed E-state index contributed by atoms with van der Waals surface area (Å²) in [6.45, 7) is 6.60. The van der Waals surface area contributed by atoms with Crippen molar-refractivity contribution in [2.24, 2.45) is 0 Å². The molecule has 2 rings (SSSR count). The summed E-state index contributed by atoms with van der Waals surface area (Å²) in [6, 6.07) is 5.56. The highest BCUT2D eigenvalue weighted by Crippen LogP contribution is 2.23. The van der Waals surface area contributed by atoms with E-state index in [0.29, 0.717) is 10.5 Å². The predicted molar refractivity (Wildman–Crippen MR) is 69.4 cm³/mol. The minimum Gasteiger partial charge on any atom is -0.376 e. The molecule has 1 aliphatic rings. The van der Waals surface area contributed by atoms with Gasteiger partial charge < -0.3 is 4.74 Å². The Kier molecular flexibility index (Phi) is 4.17. The molecule has 2 nitrogen and oxygen atoms in total. The van der Waals surface area contributed by atoms with E-state index in [1.54, 1.807) is 6.07 Å². The molecule has 0 saturated carbocycles. The third-order valence-corrected chi connectivity index (χ3v) is 4.03.